The lowest BCUT2D eigenvalue weighted by atomic mass is 10.0. The van der Waals surface area contributed by atoms with Crippen molar-refractivity contribution >= 4 is 56.7 Å². The van der Waals surface area contributed by atoms with Gasteiger partial charge in [-0.05, 0) is 47.0 Å². The number of likely N-dealkylation sites (tertiary alicyclic amines) is 1. The van der Waals surface area contributed by atoms with Crippen LogP contribution in [0.2, 0.25) is 5.02 Å². The van der Waals surface area contributed by atoms with Gasteiger partial charge in [0.05, 0.1) is 27.1 Å². The topological polar surface area (TPSA) is 62.5 Å². The monoisotopic (exact) mass is 553 g/mol. The van der Waals surface area contributed by atoms with Crippen LogP contribution in [0.4, 0.5) is 5.82 Å². The predicted octanol–water partition coefficient (Wildman–Crippen LogP) is 5.61. The third-order valence-corrected chi connectivity index (χ3v) is 7.63. The summed E-state index contributed by atoms with van der Waals surface area (Å²) < 4.78 is 2.59. The molecule has 1 aliphatic heterocycles. The van der Waals surface area contributed by atoms with Crippen molar-refractivity contribution in [1.29, 1.82) is 0 Å². The molecule has 0 spiro atoms. The Bertz CT molecular complexity index is 1310. The Morgan fingerprint density at radius 3 is 2.74 bits per heavy atom. The first kappa shape index (κ1) is 23.0. The number of hydrogen-bond donors (Lipinski definition) is 1. The molecule has 0 radical (unpaired) electrons. The molecule has 5 rings (SSSR count). The number of fused-ring (bicyclic) bond motifs is 1. The predicted molar refractivity (Wildman–Crippen MR) is 139 cm³/mol. The quantitative estimate of drug-likeness (QED) is 0.314. The van der Waals surface area contributed by atoms with E-state index in [4.69, 9.17) is 16.6 Å². The number of amides is 1. The molecule has 9 heteroatoms. The minimum atomic E-state index is 0.184. The van der Waals surface area contributed by atoms with Gasteiger partial charge < -0.3 is 10.2 Å². The Hall–Kier alpha value is -2.73. The van der Waals surface area contributed by atoms with Crippen LogP contribution in [0.5, 0.6) is 0 Å². The summed E-state index contributed by atoms with van der Waals surface area (Å²) in [5.74, 6) is 1.48. The van der Waals surface area contributed by atoms with E-state index in [0.29, 0.717) is 16.4 Å². The fourth-order valence-corrected chi connectivity index (χ4v) is 5.35. The van der Waals surface area contributed by atoms with E-state index in [-0.39, 0.29) is 11.9 Å². The maximum absolute atomic E-state index is 12.7. The van der Waals surface area contributed by atoms with E-state index in [0.717, 1.165) is 52.4 Å². The number of anilines is 1. The Labute approximate surface area is 215 Å². The van der Waals surface area contributed by atoms with Gasteiger partial charge in [0, 0.05) is 41.7 Å². The molecule has 34 heavy (non-hydrogen) atoms. The molecular weight excluding hydrogens is 534 g/mol. The highest BCUT2D eigenvalue weighted by atomic mass is 79.9. The lowest BCUT2D eigenvalue weighted by Gasteiger charge is -2.33. The van der Waals surface area contributed by atoms with Crippen LogP contribution in [0.25, 0.3) is 16.9 Å². The molecule has 1 N–H and O–H groups in total. The number of benzene rings is 1. The minimum absolute atomic E-state index is 0.184. The van der Waals surface area contributed by atoms with E-state index < -0.39 is 0 Å². The number of hydrogen-bond acceptors (Lipinski definition) is 5. The number of aromatic nitrogens is 3. The van der Waals surface area contributed by atoms with Crippen LogP contribution in [-0.4, -0.2) is 50.3 Å². The number of thioether (sulfide) groups is 1. The first-order valence-electron chi connectivity index (χ1n) is 10.9. The molecule has 4 aromatic rings. The number of carbonyl (C=O) groups excluding carboxylic acids is 1. The number of halogens is 2. The van der Waals surface area contributed by atoms with Crippen LogP contribution in [0.3, 0.4) is 0 Å². The van der Waals surface area contributed by atoms with Crippen LogP contribution < -0.4 is 5.32 Å². The Kier molecular flexibility index (Phi) is 6.95. The van der Waals surface area contributed by atoms with Gasteiger partial charge in [0.1, 0.15) is 5.82 Å². The maximum Gasteiger partial charge on any atom is 0.232 e. The van der Waals surface area contributed by atoms with Crippen molar-refractivity contribution in [3.63, 3.8) is 0 Å². The smallest absolute Gasteiger partial charge is 0.232 e. The maximum atomic E-state index is 12.7. The Morgan fingerprint density at radius 2 is 1.97 bits per heavy atom. The third-order valence-electron chi connectivity index (χ3n) is 5.77. The molecule has 0 aliphatic carbocycles. The molecular formula is C25H21BrClN5OS. The van der Waals surface area contributed by atoms with E-state index in [1.807, 2.05) is 41.3 Å². The molecule has 2 aromatic heterocycles. The SMILES string of the molecule is O=C(CSc1ccccc1)N1CCC(Nc2cc(-c3cc#ccc3Cl)nc3c(Br)cnn23)CC1. The first-order valence-corrected chi connectivity index (χ1v) is 13.1. The number of piperidine rings is 1. The van der Waals surface area contributed by atoms with Crippen LogP contribution in [0.15, 0.2) is 64.1 Å². The summed E-state index contributed by atoms with van der Waals surface area (Å²) in [6.07, 6.45) is 3.45. The highest BCUT2D eigenvalue weighted by molar-refractivity contribution is 9.10. The van der Waals surface area contributed by atoms with E-state index in [1.165, 1.54) is 0 Å². The summed E-state index contributed by atoms with van der Waals surface area (Å²) >= 11 is 11.5. The van der Waals surface area contributed by atoms with Gasteiger partial charge in [-0.3, -0.25) is 4.79 Å². The van der Waals surface area contributed by atoms with Gasteiger partial charge in [-0.2, -0.15) is 9.61 Å². The average molecular weight is 555 g/mol. The second-order valence-corrected chi connectivity index (χ2v) is 10.3. The fraction of sp³-hybridized carbons (Fsp3) is 0.240. The molecule has 0 atom stereocenters. The number of rotatable bonds is 6. The molecule has 6 nitrogen and oxygen atoms in total. The zero-order valence-electron chi connectivity index (χ0n) is 18.2. The molecule has 1 amide bonds. The van der Waals surface area contributed by atoms with Crippen molar-refractivity contribution < 1.29 is 4.79 Å². The first-order chi connectivity index (χ1) is 16.6. The number of carbonyl (C=O) groups is 1. The van der Waals surface area contributed by atoms with Crippen LogP contribution in [0.1, 0.15) is 12.8 Å². The number of nitrogens with one attached hydrogen (secondary N) is 1. The average Bonchev–Trinajstić information content (AvgIpc) is 3.25. The molecule has 0 bridgehead atoms. The van der Waals surface area contributed by atoms with E-state index in [9.17, 15) is 4.79 Å². The molecule has 0 unspecified atom stereocenters. The van der Waals surface area contributed by atoms with Gasteiger partial charge in [-0.1, -0.05) is 41.9 Å². The van der Waals surface area contributed by atoms with Crippen LogP contribution in [0, 0.1) is 12.1 Å². The highest BCUT2D eigenvalue weighted by Crippen LogP contribution is 2.30. The van der Waals surface area contributed by atoms with Crippen molar-refractivity contribution in [2.24, 2.45) is 0 Å². The summed E-state index contributed by atoms with van der Waals surface area (Å²) in [5.41, 5.74) is 2.22. The van der Waals surface area contributed by atoms with Crippen molar-refractivity contribution in [3.8, 4) is 11.3 Å². The van der Waals surface area contributed by atoms with Crippen molar-refractivity contribution in [3.05, 3.63) is 76.4 Å². The molecule has 1 aliphatic rings. The lowest BCUT2D eigenvalue weighted by Crippen LogP contribution is -2.43. The second kappa shape index (κ2) is 10.3. The van der Waals surface area contributed by atoms with E-state index in [2.05, 4.69) is 38.5 Å². The standard InChI is InChI=1S/C25H21BrClN5OS/c26-20-15-28-32-23(14-22(30-25(20)32)19-8-4-5-9-21(19)27)29-17-10-12-31(13-11-17)24(33)16-34-18-6-2-1-3-7-18/h1-3,6-9,14-15,17,29H,10-13,16H2. The zero-order valence-corrected chi connectivity index (χ0v) is 21.3. The van der Waals surface area contributed by atoms with Gasteiger partial charge in [0.2, 0.25) is 5.91 Å². The molecule has 172 valence electrons. The van der Waals surface area contributed by atoms with E-state index >= 15 is 0 Å². The van der Waals surface area contributed by atoms with E-state index in [1.54, 1.807) is 34.6 Å². The normalized spacial score (nSPS) is 14.2. The molecule has 1 fully saturated rings. The largest absolute Gasteiger partial charge is 0.367 e. The summed E-state index contributed by atoms with van der Waals surface area (Å²) in [5, 5.41) is 8.65. The summed E-state index contributed by atoms with van der Waals surface area (Å²) in [7, 11) is 0. The number of nitrogens with zero attached hydrogens (tertiary/aromatic N) is 4. The van der Waals surface area contributed by atoms with Gasteiger partial charge >= 0.3 is 0 Å². The van der Waals surface area contributed by atoms with Crippen molar-refractivity contribution in [2.75, 3.05) is 24.2 Å². The van der Waals surface area contributed by atoms with Gasteiger partial charge in [0.15, 0.2) is 5.65 Å². The zero-order chi connectivity index (χ0) is 23.5. The lowest BCUT2D eigenvalue weighted by molar-refractivity contribution is -0.129. The fourth-order valence-electron chi connectivity index (χ4n) is 3.97. The van der Waals surface area contributed by atoms with Gasteiger partial charge in [-0.15, -0.1) is 11.8 Å². The Morgan fingerprint density at radius 1 is 1.21 bits per heavy atom. The second-order valence-electron chi connectivity index (χ2n) is 7.99. The van der Waals surface area contributed by atoms with Crippen molar-refractivity contribution in [2.45, 2.75) is 23.8 Å². The third kappa shape index (κ3) is 5.02. The van der Waals surface area contributed by atoms with Gasteiger partial charge in [-0.25, -0.2) is 4.98 Å². The molecule has 0 saturated carbocycles. The van der Waals surface area contributed by atoms with Crippen molar-refractivity contribution in [1.82, 2.24) is 19.5 Å². The molecule has 1 saturated heterocycles. The Balaban J connectivity index is 1.27. The van der Waals surface area contributed by atoms with Crippen LogP contribution >= 0.6 is 39.3 Å². The minimum Gasteiger partial charge on any atom is -0.367 e. The highest BCUT2D eigenvalue weighted by Gasteiger charge is 2.24. The molecule has 2 aromatic carbocycles. The van der Waals surface area contributed by atoms with Crippen LogP contribution in [-0.2, 0) is 4.79 Å². The van der Waals surface area contributed by atoms with Gasteiger partial charge in [0.25, 0.3) is 0 Å². The summed E-state index contributed by atoms with van der Waals surface area (Å²) in [4.78, 5) is 20.5. The molecule has 3 heterocycles. The summed E-state index contributed by atoms with van der Waals surface area (Å²) in [6.45, 7) is 1.45. The summed E-state index contributed by atoms with van der Waals surface area (Å²) in [6, 6.07) is 21.5.